The second-order valence-electron chi connectivity index (χ2n) is 3.60. The number of nitrogens with zero attached hydrogens (tertiary/aromatic N) is 5. The lowest BCUT2D eigenvalue weighted by atomic mass is 10.1. The summed E-state index contributed by atoms with van der Waals surface area (Å²) in [4.78, 5) is 4.16. The van der Waals surface area contributed by atoms with Crippen LogP contribution in [0.5, 0.6) is 0 Å². The third kappa shape index (κ3) is 1.30. The third-order valence-electron chi connectivity index (χ3n) is 2.43. The van der Waals surface area contributed by atoms with Gasteiger partial charge in [0.15, 0.2) is 5.65 Å². The summed E-state index contributed by atoms with van der Waals surface area (Å²) in [5, 5.41) is 8.33. The highest BCUT2D eigenvalue weighted by molar-refractivity contribution is 6.30. The summed E-state index contributed by atoms with van der Waals surface area (Å²) in [7, 11) is 7.57. The Bertz CT molecular complexity index is 654. The Morgan fingerprint density at radius 1 is 1.12 bits per heavy atom. The summed E-state index contributed by atoms with van der Waals surface area (Å²) in [6.45, 7) is 0. The van der Waals surface area contributed by atoms with Crippen molar-refractivity contribution in [3.63, 3.8) is 0 Å². The van der Waals surface area contributed by atoms with Crippen molar-refractivity contribution in [2.24, 2.45) is 7.05 Å². The highest BCUT2D eigenvalue weighted by Crippen LogP contribution is 2.17. The van der Waals surface area contributed by atoms with Gasteiger partial charge in [0.2, 0.25) is 0 Å². The Labute approximate surface area is 93.1 Å². The normalized spacial score (nSPS) is 11.1. The van der Waals surface area contributed by atoms with Gasteiger partial charge in [-0.05, 0) is 6.07 Å². The predicted molar refractivity (Wildman–Crippen MR) is 60.6 cm³/mol. The average Bonchev–Trinajstić information content (AvgIpc) is 2.86. The highest BCUT2D eigenvalue weighted by Gasteiger charge is 2.04. The van der Waals surface area contributed by atoms with Gasteiger partial charge in [-0.2, -0.15) is 10.2 Å². The van der Waals surface area contributed by atoms with Gasteiger partial charge in [-0.1, -0.05) is 0 Å². The lowest BCUT2D eigenvalue weighted by molar-refractivity contribution is 0.768. The summed E-state index contributed by atoms with van der Waals surface area (Å²) in [5.74, 6) is 0. The van der Waals surface area contributed by atoms with Crippen LogP contribution in [0, 0.1) is 0 Å². The van der Waals surface area contributed by atoms with Gasteiger partial charge in [0.1, 0.15) is 7.85 Å². The fraction of sp³-hybridized carbons (Fsp3) is 0.100. The first-order valence-corrected chi connectivity index (χ1v) is 4.82. The summed E-state index contributed by atoms with van der Waals surface area (Å²) >= 11 is 0. The first kappa shape index (κ1) is 9.14. The molecule has 0 aliphatic carbocycles. The largest absolute Gasteiger partial charge is 0.275 e. The van der Waals surface area contributed by atoms with E-state index in [4.69, 9.17) is 7.85 Å². The summed E-state index contributed by atoms with van der Waals surface area (Å²) < 4.78 is 3.35. The van der Waals surface area contributed by atoms with Crippen LogP contribution in [0.25, 0.3) is 16.8 Å². The van der Waals surface area contributed by atoms with Crippen LogP contribution < -0.4 is 5.59 Å². The Hall–Kier alpha value is -2.11. The zero-order valence-electron chi connectivity index (χ0n) is 8.70. The van der Waals surface area contributed by atoms with Crippen molar-refractivity contribution in [1.29, 1.82) is 0 Å². The molecule has 0 fully saturated rings. The van der Waals surface area contributed by atoms with E-state index in [1.807, 2.05) is 19.3 Å². The number of hydrogen-bond acceptors (Lipinski definition) is 3. The second kappa shape index (κ2) is 3.20. The first-order valence-electron chi connectivity index (χ1n) is 4.82. The topological polar surface area (TPSA) is 48.0 Å². The fourth-order valence-corrected chi connectivity index (χ4v) is 1.62. The predicted octanol–water partition coefficient (Wildman–Crippen LogP) is -0.0764. The van der Waals surface area contributed by atoms with E-state index in [9.17, 15) is 0 Å². The van der Waals surface area contributed by atoms with Crippen molar-refractivity contribution in [1.82, 2.24) is 24.4 Å². The van der Waals surface area contributed by atoms with Crippen LogP contribution in [0.1, 0.15) is 0 Å². The number of hydrogen-bond donors (Lipinski definition) is 0. The van der Waals surface area contributed by atoms with Crippen LogP contribution in [0.2, 0.25) is 0 Å². The summed E-state index contributed by atoms with van der Waals surface area (Å²) in [5.41, 5.74) is 3.26. The standard InChI is InChI=1S/C10H8BN5/c1-15-6-8(4-13-15)7-2-10-12-5-9(11)16(10)14-3-7/h2-6H,1H3. The summed E-state index contributed by atoms with van der Waals surface area (Å²) in [6, 6.07) is 1.93. The molecule has 0 N–H and O–H groups in total. The molecular formula is C10H8BN5. The molecule has 2 radical (unpaired) electrons. The minimum atomic E-state index is 0.535. The van der Waals surface area contributed by atoms with Gasteiger partial charge in [-0.15, -0.1) is 0 Å². The van der Waals surface area contributed by atoms with Crippen LogP contribution >= 0.6 is 0 Å². The molecule has 0 saturated heterocycles. The molecule has 0 aliphatic heterocycles. The van der Waals surface area contributed by atoms with Crippen LogP contribution in [0.15, 0.2) is 30.9 Å². The molecule has 0 spiro atoms. The molecule has 6 heteroatoms. The van der Waals surface area contributed by atoms with Crippen molar-refractivity contribution in [2.45, 2.75) is 0 Å². The minimum absolute atomic E-state index is 0.535. The van der Waals surface area contributed by atoms with Gasteiger partial charge in [0, 0.05) is 36.2 Å². The average molecular weight is 209 g/mol. The minimum Gasteiger partial charge on any atom is -0.275 e. The van der Waals surface area contributed by atoms with Gasteiger partial charge >= 0.3 is 0 Å². The molecule has 3 rings (SSSR count). The molecule has 0 unspecified atom stereocenters. The SMILES string of the molecule is [B]c1cnc2cc(-c3cnn(C)c3)cnn12. The number of imidazole rings is 1. The van der Waals surface area contributed by atoms with Crippen molar-refractivity contribution in [2.75, 3.05) is 0 Å². The van der Waals surface area contributed by atoms with E-state index in [1.54, 1.807) is 27.8 Å². The Balaban J connectivity index is 2.18. The third-order valence-corrected chi connectivity index (χ3v) is 2.43. The molecule has 3 aromatic rings. The van der Waals surface area contributed by atoms with E-state index >= 15 is 0 Å². The van der Waals surface area contributed by atoms with E-state index in [-0.39, 0.29) is 0 Å². The smallest absolute Gasteiger partial charge is 0.153 e. The molecule has 0 aliphatic rings. The molecular weight excluding hydrogens is 201 g/mol. The van der Waals surface area contributed by atoms with Crippen LogP contribution in [-0.2, 0) is 7.05 Å². The maximum absolute atomic E-state index is 5.69. The van der Waals surface area contributed by atoms with Gasteiger partial charge < -0.3 is 0 Å². The van der Waals surface area contributed by atoms with Gasteiger partial charge in [-0.25, -0.2) is 9.50 Å². The quantitative estimate of drug-likeness (QED) is 0.527. The van der Waals surface area contributed by atoms with Gasteiger partial charge in [0.05, 0.1) is 12.4 Å². The Kier molecular flexibility index (Phi) is 1.83. The van der Waals surface area contributed by atoms with E-state index in [1.165, 1.54) is 0 Å². The summed E-state index contributed by atoms with van der Waals surface area (Å²) in [6.07, 6.45) is 7.07. The molecule has 0 saturated carbocycles. The molecule has 0 atom stereocenters. The van der Waals surface area contributed by atoms with E-state index in [0.717, 1.165) is 16.8 Å². The first-order chi connectivity index (χ1) is 7.74. The second-order valence-corrected chi connectivity index (χ2v) is 3.60. The van der Waals surface area contributed by atoms with Crippen LogP contribution in [0.4, 0.5) is 0 Å². The van der Waals surface area contributed by atoms with E-state index in [2.05, 4.69) is 15.2 Å². The fourth-order valence-electron chi connectivity index (χ4n) is 1.62. The zero-order chi connectivity index (χ0) is 11.1. The lowest BCUT2D eigenvalue weighted by Crippen LogP contribution is -2.11. The molecule has 3 heterocycles. The molecule has 16 heavy (non-hydrogen) atoms. The van der Waals surface area contributed by atoms with E-state index in [0.29, 0.717) is 5.59 Å². The lowest BCUT2D eigenvalue weighted by Gasteiger charge is -1.98. The number of rotatable bonds is 1. The molecule has 0 aromatic carbocycles. The molecule has 3 aromatic heterocycles. The van der Waals surface area contributed by atoms with Crippen LogP contribution in [0.3, 0.4) is 0 Å². The number of aryl methyl sites for hydroxylation is 1. The van der Waals surface area contributed by atoms with Crippen molar-refractivity contribution in [3.8, 4) is 11.1 Å². The van der Waals surface area contributed by atoms with E-state index < -0.39 is 0 Å². The van der Waals surface area contributed by atoms with Crippen molar-refractivity contribution in [3.05, 3.63) is 30.9 Å². The Morgan fingerprint density at radius 2 is 1.94 bits per heavy atom. The molecule has 0 bridgehead atoms. The maximum atomic E-state index is 5.69. The van der Waals surface area contributed by atoms with Crippen LogP contribution in [-0.4, -0.2) is 32.2 Å². The van der Waals surface area contributed by atoms with Gasteiger partial charge in [-0.3, -0.25) is 4.68 Å². The zero-order valence-corrected chi connectivity index (χ0v) is 8.70. The van der Waals surface area contributed by atoms with Crippen molar-refractivity contribution < 1.29 is 0 Å². The monoisotopic (exact) mass is 209 g/mol. The molecule has 5 nitrogen and oxygen atoms in total. The highest BCUT2D eigenvalue weighted by atomic mass is 15.3. The maximum Gasteiger partial charge on any atom is 0.153 e. The molecule has 76 valence electrons. The molecule has 0 amide bonds. The van der Waals surface area contributed by atoms with Crippen molar-refractivity contribution >= 4 is 19.1 Å². The number of aromatic nitrogens is 5. The Morgan fingerprint density at radius 3 is 2.69 bits per heavy atom. The number of fused-ring (bicyclic) bond motifs is 1. The van der Waals surface area contributed by atoms with Gasteiger partial charge in [0.25, 0.3) is 0 Å².